The van der Waals surface area contributed by atoms with Gasteiger partial charge in [-0.15, -0.1) is 0 Å². The molecule has 0 fully saturated rings. The van der Waals surface area contributed by atoms with E-state index in [0.717, 1.165) is 77.6 Å². The smallest absolute Gasteiger partial charge is 0.164 e. The van der Waals surface area contributed by atoms with E-state index in [-0.39, 0.29) is 0 Å². The predicted molar refractivity (Wildman–Crippen MR) is 254 cm³/mol. The van der Waals surface area contributed by atoms with Gasteiger partial charge in [0.25, 0.3) is 0 Å². The Kier molecular flexibility index (Phi) is 8.42. The van der Waals surface area contributed by atoms with Gasteiger partial charge in [-0.05, 0) is 69.8 Å². The molecule has 0 aliphatic carbocycles. The Bertz CT molecular complexity index is 3490. The summed E-state index contributed by atoms with van der Waals surface area (Å²) in [4.78, 5) is 15.3. The van der Waals surface area contributed by atoms with Gasteiger partial charge in [-0.2, -0.15) is 0 Å². The van der Waals surface area contributed by atoms with Crippen LogP contribution in [0.3, 0.4) is 0 Å². The maximum atomic E-state index is 6.73. The Hall–Kier alpha value is -8.41. The van der Waals surface area contributed by atoms with Crippen LogP contribution in [0, 0.1) is 0 Å². The average Bonchev–Trinajstić information content (AvgIpc) is 3.90. The summed E-state index contributed by atoms with van der Waals surface area (Å²) in [6, 6.07) is 76.3. The Labute approximate surface area is 357 Å². The van der Waals surface area contributed by atoms with E-state index in [4.69, 9.17) is 19.4 Å². The number of rotatable bonds is 7. The van der Waals surface area contributed by atoms with Crippen molar-refractivity contribution in [1.82, 2.24) is 19.5 Å². The molecule has 0 aliphatic heterocycles. The number of fused-ring (bicyclic) bond motifs is 6. The van der Waals surface area contributed by atoms with Crippen LogP contribution in [-0.4, -0.2) is 19.5 Å². The second-order valence-corrected chi connectivity index (χ2v) is 15.6. The van der Waals surface area contributed by atoms with Crippen molar-refractivity contribution >= 4 is 43.7 Å². The van der Waals surface area contributed by atoms with Crippen molar-refractivity contribution in [2.24, 2.45) is 0 Å². The molecule has 290 valence electrons. The molecule has 12 aromatic rings. The number of benzene rings is 9. The number of hydrogen-bond acceptors (Lipinski definition) is 4. The summed E-state index contributed by atoms with van der Waals surface area (Å²) in [7, 11) is 0. The molecule has 5 nitrogen and oxygen atoms in total. The van der Waals surface area contributed by atoms with Crippen LogP contribution in [0.5, 0.6) is 0 Å². The molecule has 3 heterocycles. The zero-order chi connectivity index (χ0) is 41.0. The molecule has 9 aromatic carbocycles. The second kappa shape index (κ2) is 14.7. The molecule has 0 saturated carbocycles. The number of aromatic nitrogens is 4. The molecule has 12 rings (SSSR count). The monoisotopic (exact) mass is 792 g/mol. The molecule has 0 bridgehead atoms. The summed E-state index contributed by atoms with van der Waals surface area (Å²) in [5, 5.41) is 4.49. The number of hydrogen-bond donors (Lipinski definition) is 0. The van der Waals surface area contributed by atoms with E-state index in [1.165, 1.54) is 21.9 Å². The first kappa shape index (κ1) is 35.5. The maximum Gasteiger partial charge on any atom is 0.164 e. The van der Waals surface area contributed by atoms with Crippen LogP contribution in [0.25, 0.3) is 117 Å². The van der Waals surface area contributed by atoms with Gasteiger partial charge in [-0.25, -0.2) is 15.0 Å². The van der Waals surface area contributed by atoms with E-state index in [2.05, 4.69) is 211 Å². The van der Waals surface area contributed by atoms with Gasteiger partial charge in [0.15, 0.2) is 17.5 Å². The molecule has 0 amide bonds. The van der Waals surface area contributed by atoms with E-state index in [9.17, 15) is 0 Å². The van der Waals surface area contributed by atoms with E-state index in [1.807, 2.05) is 12.1 Å². The van der Waals surface area contributed by atoms with E-state index in [0.29, 0.717) is 17.5 Å². The van der Waals surface area contributed by atoms with Crippen molar-refractivity contribution in [3.63, 3.8) is 0 Å². The lowest BCUT2D eigenvalue weighted by atomic mass is 10.0. The molecule has 0 aliphatic rings. The van der Waals surface area contributed by atoms with Crippen molar-refractivity contribution < 1.29 is 4.42 Å². The van der Waals surface area contributed by atoms with Gasteiger partial charge >= 0.3 is 0 Å². The molecule has 0 unspecified atom stereocenters. The Morgan fingerprint density at radius 1 is 0.290 bits per heavy atom. The first-order valence-corrected chi connectivity index (χ1v) is 20.8. The van der Waals surface area contributed by atoms with Crippen LogP contribution in [0.2, 0.25) is 0 Å². The third-order valence-electron chi connectivity index (χ3n) is 11.9. The Morgan fingerprint density at radius 2 is 0.742 bits per heavy atom. The molecule has 0 atom stereocenters. The van der Waals surface area contributed by atoms with Crippen LogP contribution in [-0.2, 0) is 0 Å². The van der Waals surface area contributed by atoms with Gasteiger partial charge in [-0.1, -0.05) is 182 Å². The minimum atomic E-state index is 0.572. The molecular weight excluding hydrogens is 757 g/mol. The van der Waals surface area contributed by atoms with Crippen molar-refractivity contribution in [3.8, 4) is 73.2 Å². The SMILES string of the molecule is c1ccc(-c2ccc(-c3nc(-c4ccc(-c5ccccc5)cc4)nc(-c4ccc5c(c4)oc4cccc(-n6c7ccccc7c7ccc(-c8ccccc8)cc76)c45)n3)cc2)cc1. The van der Waals surface area contributed by atoms with Crippen molar-refractivity contribution in [3.05, 3.63) is 218 Å². The number of nitrogens with zero attached hydrogens (tertiary/aromatic N) is 4. The zero-order valence-corrected chi connectivity index (χ0v) is 33.5. The van der Waals surface area contributed by atoms with Crippen LogP contribution >= 0.6 is 0 Å². The lowest BCUT2D eigenvalue weighted by Gasteiger charge is -2.11. The highest BCUT2D eigenvalue weighted by Crippen LogP contribution is 2.41. The van der Waals surface area contributed by atoms with Gasteiger partial charge in [0, 0.05) is 32.8 Å². The highest BCUT2D eigenvalue weighted by molar-refractivity contribution is 6.15. The predicted octanol–water partition coefficient (Wildman–Crippen LogP) is 14.9. The quantitative estimate of drug-likeness (QED) is 0.161. The van der Waals surface area contributed by atoms with Gasteiger partial charge in [0.1, 0.15) is 11.2 Å². The summed E-state index contributed by atoms with van der Waals surface area (Å²) >= 11 is 0. The largest absolute Gasteiger partial charge is 0.456 e. The van der Waals surface area contributed by atoms with Crippen molar-refractivity contribution in [2.75, 3.05) is 0 Å². The van der Waals surface area contributed by atoms with E-state index < -0.39 is 0 Å². The number of furan rings is 1. The fourth-order valence-electron chi connectivity index (χ4n) is 8.82. The van der Waals surface area contributed by atoms with Gasteiger partial charge < -0.3 is 8.98 Å². The first-order valence-electron chi connectivity index (χ1n) is 20.8. The standard InChI is InChI=1S/C57H36N4O/c1-4-13-37(14-5-1)40-23-27-42(28-24-40)55-58-56(43-29-25-41(26-30-43)38-15-6-2-7-16-38)60-57(59-55)45-32-34-48-53(36-45)62-52-22-12-21-50(54(48)52)61-49-20-11-10-19-46(49)47-33-31-44(35-51(47)61)39-17-8-3-9-18-39/h1-36H. The molecule has 5 heteroatoms. The van der Waals surface area contributed by atoms with E-state index >= 15 is 0 Å². The third kappa shape index (κ3) is 6.14. The lowest BCUT2D eigenvalue weighted by molar-refractivity contribution is 0.669. The van der Waals surface area contributed by atoms with Crippen molar-refractivity contribution in [2.45, 2.75) is 0 Å². The van der Waals surface area contributed by atoms with Crippen LogP contribution in [0.1, 0.15) is 0 Å². The van der Waals surface area contributed by atoms with Crippen LogP contribution < -0.4 is 0 Å². The first-order chi connectivity index (χ1) is 30.7. The topological polar surface area (TPSA) is 56.7 Å². The van der Waals surface area contributed by atoms with Gasteiger partial charge in [-0.3, -0.25) is 0 Å². The van der Waals surface area contributed by atoms with Gasteiger partial charge in [0.2, 0.25) is 0 Å². The molecule has 62 heavy (non-hydrogen) atoms. The average molecular weight is 793 g/mol. The normalized spacial score (nSPS) is 11.5. The minimum Gasteiger partial charge on any atom is -0.456 e. The summed E-state index contributed by atoms with van der Waals surface area (Å²) in [5.74, 6) is 1.78. The Balaban J connectivity index is 0.999. The Morgan fingerprint density at radius 3 is 1.35 bits per heavy atom. The summed E-state index contributed by atoms with van der Waals surface area (Å²) < 4.78 is 9.11. The summed E-state index contributed by atoms with van der Waals surface area (Å²) in [5.41, 5.74) is 14.5. The van der Waals surface area contributed by atoms with Gasteiger partial charge in [0.05, 0.1) is 22.1 Å². The highest BCUT2D eigenvalue weighted by atomic mass is 16.3. The third-order valence-corrected chi connectivity index (χ3v) is 11.9. The summed E-state index contributed by atoms with van der Waals surface area (Å²) in [6.45, 7) is 0. The fourth-order valence-corrected chi connectivity index (χ4v) is 8.82. The fraction of sp³-hybridized carbons (Fsp3) is 0. The molecular formula is C57H36N4O. The summed E-state index contributed by atoms with van der Waals surface area (Å²) in [6.07, 6.45) is 0. The molecule has 0 N–H and O–H groups in total. The highest BCUT2D eigenvalue weighted by Gasteiger charge is 2.20. The molecule has 0 saturated heterocycles. The van der Waals surface area contributed by atoms with Crippen LogP contribution in [0.4, 0.5) is 0 Å². The minimum absolute atomic E-state index is 0.572. The lowest BCUT2D eigenvalue weighted by Crippen LogP contribution is -2.00. The zero-order valence-electron chi connectivity index (χ0n) is 33.5. The number of para-hydroxylation sites is 1. The molecule has 0 spiro atoms. The second-order valence-electron chi connectivity index (χ2n) is 15.6. The molecule has 3 aromatic heterocycles. The maximum absolute atomic E-state index is 6.73. The van der Waals surface area contributed by atoms with E-state index in [1.54, 1.807) is 0 Å². The van der Waals surface area contributed by atoms with Crippen molar-refractivity contribution in [1.29, 1.82) is 0 Å². The van der Waals surface area contributed by atoms with Crippen LogP contribution in [0.15, 0.2) is 223 Å². The molecule has 0 radical (unpaired) electrons.